The minimum atomic E-state index is -0.0117. The number of likely N-dealkylation sites (tertiary alicyclic amines) is 1. The molecule has 4 rings (SSSR count). The zero-order chi connectivity index (χ0) is 19.7. The summed E-state index contributed by atoms with van der Waals surface area (Å²) in [7, 11) is 0. The van der Waals surface area contributed by atoms with Gasteiger partial charge in [0.15, 0.2) is 0 Å². The summed E-state index contributed by atoms with van der Waals surface area (Å²) in [5.74, 6) is 1.76. The Morgan fingerprint density at radius 1 is 1.11 bits per heavy atom. The topological polar surface area (TPSA) is 97.9 Å². The molecule has 1 unspecified atom stereocenters. The van der Waals surface area contributed by atoms with Crippen molar-refractivity contribution in [2.75, 3.05) is 13.1 Å². The molecule has 0 aliphatic carbocycles. The van der Waals surface area contributed by atoms with Gasteiger partial charge in [0.2, 0.25) is 0 Å². The summed E-state index contributed by atoms with van der Waals surface area (Å²) in [6.07, 6.45) is 8.51. The molecule has 0 radical (unpaired) electrons. The number of carbonyl (C=O) groups excluding carboxylic acids is 1. The Morgan fingerprint density at radius 3 is 2.54 bits per heavy atom. The number of aromatic nitrogens is 5. The van der Waals surface area contributed by atoms with E-state index < -0.39 is 0 Å². The van der Waals surface area contributed by atoms with Crippen LogP contribution in [0.3, 0.4) is 0 Å². The molecule has 1 aliphatic heterocycles. The van der Waals surface area contributed by atoms with Gasteiger partial charge in [-0.1, -0.05) is 5.16 Å². The van der Waals surface area contributed by atoms with Gasteiger partial charge in [-0.05, 0) is 39.5 Å². The molecule has 1 atom stereocenters. The normalized spacial score (nSPS) is 16.5. The van der Waals surface area contributed by atoms with Crippen molar-refractivity contribution in [1.29, 1.82) is 0 Å². The predicted octanol–water partition coefficient (Wildman–Crippen LogP) is 2.55. The van der Waals surface area contributed by atoms with E-state index in [1.165, 1.54) is 0 Å². The van der Waals surface area contributed by atoms with Crippen molar-refractivity contribution in [2.24, 2.45) is 5.92 Å². The molecular formula is C20H22N6O2. The second-order valence-electron chi connectivity index (χ2n) is 7.22. The fourth-order valence-electron chi connectivity index (χ4n) is 3.60. The minimum Gasteiger partial charge on any atom is -0.361 e. The number of carbonyl (C=O) groups is 1. The highest BCUT2D eigenvalue weighted by atomic mass is 16.5. The molecule has 0 saturated carbocycles. The van der Waals surface area contributed by atoms with Crippen molar-refractivity contribution < 1.29 is 9.32 Å². The smallest absolute Gasteiger partial charge is 0.256 e. The van der Waals surface area contributed by atoms with E-state index in [4.69, 9.17) is 4.52 Å². The van der Waals surface area contributed by atoms with Crippen molar-refractivity contribution in [1.82, 2.24) is 30.0 Å². The van der Waals surface area contributed by atoms with E-state index in [0.717, 1.165) is 47.8 Å². The van der Waals surface area contributed by atoms with Gasteiger partial charge in [-0.3, -0.25) is 14.8 Å². The highest BCUT2D eigenvalue weighted by Gasteiger charge is 2.27. The molecule has 0 N–H and O–H groups in total. The Bertz CT molecular complexity index is 961. The highest BCUT2D eigenvalue weighted by Crippen LogP contribution is 2.25. The molecule has 1 aliphatic rings. The standard InChI is InChI=1S/C20H22N6O2/c1-12-19(13(2)28-25-12)18-10-23-17(9-24-18)6-15-4-5-26(11-15)20(27)16-7-21-14(3)22-8-16/h7-10,15H,4-6,11H2,1-3H3. The van der Waals surface area contributed by atoms with Crippen LogP contribution in [0.2, 0.25) is 0 Å². The fraction of sp³-hybridized carbons (Fsp3) is 0.400. The first-order valence-electron chi connectivity index (χ1n) is 9.33. The highest BCUT2D eigenvalue weighted by molar-refractivity contribution is 5.93. The van der Waals surface area contributed by atoms with Crippen LogP contribution in [-0.4, -0.2) is 49.0 Å². The van der Waals surface area contributed by atoms with Gasteiger partial charge in [0.1, 0.15) is 11.6 Å². The zero-order valence-electron chi connectivity index (χ0n) is 16.2. The van der Waals surface area contributed by atoms with Gasteiger partial charge in [-0.15, -0.1) is 0 Å². The van der Waals surface area contributed by atoms with Crippen LogP contribution in [-0.2, 0) is 6.42 Å². The molecular weight excluding hydrogens is 356 g/mol. The average molecular weight is 378 g/mol. The number of aryl methyl sites for hydroxylation is 3. The molecule has 144 valence electrons. The summed E-state index contributed by atoms with van der Waals surface area (Å²) in [6.45, 7) is 7.01. The first-order chi connectivity index (χ1) is 13.5. The van der Waals surface area contributed by atoms with Crippen molar-refractivity contribution in [2.45, 2.75) is 33.6 Å². The van der Waals surface area contributed by atoms with E-state index in [1.807, 2.05) is 18.7 Å². The Morgan fingerprint density at radius 2 is 1.89 bits per heavy atom. The van der Waals surface area contributed by atoms with Crippen LogP contribution in [0.1, 0.15) is 39.8 Å². The lowest BCUT2D eigenvalue weighted by Crippen LogP contribution is -2.29. The lowest BCUT2D eigenvalue weighted by atomic mass is 10.0. The Labute approximate surface area is 163 Å². The molecule has 4 heterocycles. The zero-order valence-corrected chi connectivity index (χ0v) is 16.2. The van der Waals surface area contributed by atoms with Gasteiger partial charge >= 0.3 is 0 Å². The maximum Gasteiger partial charge on any atom is 0.256 e. The van der Waals surface area contributed by atoms with Crippen molar-refractivity contribution >= 4 is 5.91 Å². The van der Waals surface area contributed by atoms with E-state index in [-0.39, 0.29) is 5.91 Å². The first-order valence-corrected chi connectivity index (χ1v) is 9.33. The van der Waals surface area contributed by atoms with E-state index >= 15 is 0 Å². The van der Waals surface area contributed by atoms with E-state index in [2.05, 4.69) is 25.1 Å². The van der Waals surface area contributed by atoms with Crippen LogP contribution in [0.25, 0.3) is 11.3 Å². The Kier molecular flexibility index (Phi) is 4.85. The van der Waals surface area contributed by atoms with Gasteiger partial charge in [-0.2, -0.15) is 0 Å². The molecule has 8 heteroatoms. The molecule has 28 heavy (non-hydrogen) atoms. The Balaban J connectivity index is 1.39. The van der Waals surface area contributed by atoms with Crippen LogP contribution in [0, 0.1) is 26.7 Å². The molecule has 3 aromatic heterocycles. The Hall–Kier alpha value is -3.16. The third-order valence-corrected chi connectivity index (χ3v) is 5.09. The molecule has 1 fully saturated rings. The van der Waals surface area contributed by atoms with Gasteiger partial charge < -0.3 is 9.42 Å². The molecule has 1 saturated heterocycles. The van der Waals surface area contributed by atoms with Crippen LogP contribution < -0.4 is 0 Å². The number of hydrogen-bond donors (Lipinski definition) is 0. The molecule has 0 aromatic carbocycles. The van der Waals surface area contributed by atoms with Gasteiger partial charge in [0.05, 0.1) is 34.4 Å². The summed E-state index contributed by atoms with van der Waals surface area (Å²) in [4.78, 5) is 31.8. The van der Waals surface area contributed by atoms with E-state index in [0.29, 0.717) is 23.9 Å². The SMILES string of the molecule is Cc1ncc(C(=O)N2CCC(Cc3cnc(-c4c(C)noc4C)cn3)C2)cn1. The third-order valence-electron chi connectivity index (χ3n) is 5.09. The number of rotatable bonds is 4. The van der Waals surface area contributed by atoms with Crippen molar-refractivity contribution in [3.05, 3.63) is 53.3 Å². The lowest BCUT2D eigenvalue weighted by Gasteiger charge is -2.16. The minimum absolute atomic E-state index is 0.0117. The largest absolute Gasteiger partial charge is 0.361 e. The average Bonchev–Trinajstić information content (AvgIpc) is 3.29. The maximum atomic E-state index is 12.6. The van der Waals surface area contributed by atoms with Crippen molar-refractivity contribution in [3.8, 4) is 11.3 Å². The van der Waals surface area contributed by atoms with Gasteiger partial charge in [0, 0.05) is 31.7 Å². The predicted molar refractivity (Wildman–Crippen MR) is 101 cm³/mol. The summed E-state index contributed by atoms with van der Waals surface area (Å²) < 4.78 is 5.20. The molecule has 0 spiro atoms. The summed E-state index contributed by atoms with van der Waals surface area (Å²) in [5.41, 5.74) is 3.94. The monoisotopic (exact) mass is 378 g/mol. The fourth-order valence-corrected chi connectivity index (χ4v) is 3.60. The first kappa shape index (κ1) is 18.2. The number of amides is 1. The van der Waals surface area contributed by atoms with E-state index in [9.17, 15) is 4.79 Å². The summed E-state index contributed by atoms with van der Waals surface area (Å²) in [6, 6.07) is 0. The van der Waals surface area contributed by atoms with Gasteiger partial charge in [0.25, 0.3) is 5.91 Å². The van der Waals surface area contributed by atoms with Crippen LogP contribution in [0.15, 0.2) is 29.3 Å². The van der Waals surface area contributed by atoms with Crippen molar-refractivity contribution in [3.63, 3.8) is 0 Å². The molecule has 3 aromatic rings. The molecule has 0 bridgehead atoms. The third kappa shape index (κ3) is 3.62. The lowest BCUT2D eigenvalue weighted by molar-refractivity contribution is 0.0786. The van der Waals surface area contributed by atoms with Crippen LogP contribution in [0.5, 0.6) is 0 Å². The van der Waals surface area contributed by atoms with Crippen LogP contribution in [0.4, 0.5) is 0 Å². The molecule has 8 nitrogen and oxygen atoms in total. The second-order valence-corrected chi connectivity index (χ2v) is 7.22. The quantitative estimate of drug-likeness (QED) is 0.688. The van der Waals surface area contributed by atoms with Gasteiger partial charge in [-0.25, -0.2) is 9.97 Å². The maximum absolute atomic E-state index is 12.6. The number of nitrogens with zero attached hydrogens (tertiary/aromatic N) is 6. The second kappa shape index (κ2) is 7.46. The number of hydrogen-bond acceptors (Lipinski definition) is 7. The summed E-state index contributed by atoms with van der Waals surface area (Å²) in [5, 5.41) is 3.96. The van der Waals surface area contributed by atoms with Crippen LogP contribution >= 0.6 is 0 Å². The summed E-state index contributed by atoms with van der Waals surface area (Å²) >= 11 is 0. The van der Waals surface area contributed by atoms with E-state index in [1.54, 1.807) is 31.7 Å². The molecule has 1 amide bonds.